The quantitative estimate of drug-likeness (QED) is 0.275. The second kappa shape index (κ2) is 11.4. The van der Waals surface area contributed by atoms with E-state index in [1.54, 1.807) is 0 Å². The fraction of sp³-hybridized carbons (Fsp3) is 0.300. The predicted molar refractivity (Wildman–Crippen MR) is 131 cm³/mol. The van der Waals surface area contributed by atoms with E-state index >= 15 is 0 Å². The van der Waals surface area contributed by atoms with E-state index in [1.807, 2.05) is 32.0 Å². The van der Waals surface area contributed by atoms with Crippen molar-refractivity contribution in [3.63, 3.8) is 0 Å². The van der Waals surface area contributed by atoms with Gasteiger partial charge in [-0.05, 0) is 54.0 Å². The van der Waals surface area contributed by atoms with Gasteiger partial charge in [0.25, 0.3) is 0 Å². The van der Waals surface area contributed by atoms with Crippen LogP contribution >= 0.6 is 46.7 Å². The molecule has 4 N–H and O–H groups in total. The Hall–Kier alpha value is -1.63. The van der Waals surface area contributed by atoms with Gasteiger partial charge in [0.05, 0.1) is 28.2 Å². The second-order valence-electron chi connectivity index (χ2n) is 7.34. The first-order chi connectivity index (χ1) is 15.9. The molecule has 3 rings (SSSR count). The number of nitrogens with zero attached hydrogens (tertiary/aromatic N) is 2. The largest absolute Gasteiger partial charge is 0.490 e. The summed E-state index contributed by atoms with van der Waals surface area (Å²) in [5.41, 5.74) is 6.80. The molecule has 0 unspecified atom stereocenters. The van der Waals surface area contributed by atoms with Crippen LogP contribution in [-0.4, -0.2) is 45.3 Å². The van der Waals surface area contributed by atoms with Crippen LogP contribution in [0.5, 0.6) is 11.5 Å². The Morgan fingerprint density at radius 2 is 1.88 bits per heavy atom. The average Bonchev–Trinajstić information content (AvgIpc) is 3.23. The SMILES string of the molecule is CC(C)Oc1ccc(-c2nnc(-c3cc(F)c(OC[C@H](N)COP(=O)(O)O)cc3Cl)s2)cc1Br. The van der Waals surface area contributed by atoms with Crippen molar-refractivity contribution in [2.24, 2.45) is 5.73 Å². The molecular weight excluding hydrogens is 576 g/mol. The molecule has 0 saturated carbocycles. The molecule has 1 heterocycles. The van der Waals surface area contributed by atoms with Crippen molar-refractivity contribution in [1.29, 1.82) is 0 Å². The van der Waals surface area contributed by atoms with Crippen LogP contribution in [-0.2, 0) is 9.09 Å². The Balaban J connectivity index is 1.73. The lowest BCUT2D eigenvalue weighted by Crippen LogP contribution is -2.32. The van der Waals surface area contributed by atoms with Crippen molar-refractivity contribution in [3.8, 4) is 32.6 Å². The molecule has 1 atom stereocenters. The Morgan fingerprint density at radius 1 is 1.18 bits per heavy atom. The standard InChI is InChI=1S/C20H21BrClFN3O6PS/c1-10(2)32-17-4-3-11(5-14(17)21)19-25-26-20(34-19)13-6-16(23)18(7-15(13)22)30-8-12(24)9-31-33(27,28)29/h3-7,10,12H,8-9,24H2,1-2H3,(H2,27,28,29)/t12-/m0/s1. The first-order valence-corrected chi connectivity index (χ1v) is 13.3. The Morgan fingerprint density at radius 3 is 2.53 bits per heavy atom. The third-order valence-electron chi connectivity index (χ3n) is 4.13. The zero-order valence-corrected chi connectivity index (χ0v) is 22.0. The van der Waals surface area contributed by atoms with Crippen LogP contribution in [0, 0.1) is 5.82 Å². The van der Waals surface area contributed by atoms with E-state index in [4.69, 9.17) is 36.6 Å². The number of halogens is 3. The minimum atomic E-state index is -4.66. The van der Waals surface area contributed by atoms with Crippen molar-refractivity contribution in [2.75, 3.05) is 13.2 Å². The molecule has 0 aliphatic rings. The molecule has 0 saturated heterocycles. The van der Waals surface area contributed by atoms with Gasteiger partial charge in [-0.25, -0.2) is 8.96 Å². The van der Waals surface area contributed by atoms with Gasteiger partial charge in [-0.1, -0.05) is 22.9 Å². The van der Waals surface area contributed by atoms with Crippen LogP contribution in [0.4, 0.5) is 4.39 Å². The Labute approximate surface area is 212 Å². The van der Waals surface area contributed by atoms with E-state index in [1.165, 1.54) is 23.5 Å². The smallest absolute Gasteiger partial charge is 0.469 e. The average molecular weight is 597 g/mol. The number of rotatable bonds is 10. The lowest BCUT2D eigenvalue weighted by molar-refractivity contribution is 0.164. The van der Waals surface area contributed by atoms with Gasteiger partial charge in [-0.15, -0.1) is 10.2 Å². The normalized spacial score (nSPS) is 12.7. The highest BCUT2D eigenvalue weighted by Gasteiger charge is 2.19. The fourth-order valence-electron chi connectivity index (χ4n) is 2.67. The summed E-state index contributed by atoms with van der Waals surface area (Å²) in [5, 5.41) is 9.53. The highest BCUT2D eigenvalue weighted by atomic mass is 79.9. The lowest BCUT2D eigenvalue weighted by Gasteiger charge is -2.15. The number of aromatic nitrogens is 2. The third-order valence-corrected chi connectivity index (χ3v) is 6.55. The number of hydrogen-bond acceptors (Lipinski definition) is 8. The topological polar surface area (TPSA) is 137 Å². The third kappa shape index (κ3) is 7.43. The first-order valence-electron chi connectivity index (χ1n) is 9.81. The molecule has 2 aromatic carbocycles. The van der Waals surface area contributed by atoms with E-state index in [0.29, 0.717) is 21.3 Å². The molecule has 14 heteroatoms. The molecule has 0 aliphatic heterocycles. The first kappa shape index (κ1) is 27.0. The second-order valence-corrected chi connectivity index (χ2v) is 10.8. The summed E-state index contributed by atoms with van der Waals surface area (Å²) in [6.07, 6.45) is 0.0306. The van der Waals surface area contributed by atoms with Gasteiger partial charge in [0.1, 0.15) is 22.4 Å². The van der Waals surface area contributed by atoms with E-state index in [0.717, 1.165) is 10.0 Å². The van der Waals surface area contributed by atoms with Gasteiger partial charge in [-0.3, -0.25) is 4.52 Å². The summed E-state index contributed by atoms with van der Waals surface area (Å²) < 4.78 is 41.4. The van der Waals surface area contributed by atoms with E-state index in [9.17, 15) is 8.96 Å². The number of benzene rings is 2. The van der Waals surface area contributed by atoms with Crippen LogP contribution in [0.25, 0.3) is 21.1 Å². The zero-order chi connectivity index (χ0) is 25.0. The van der Waals surface area contributed by atoms with E-state index in [2.05, 4.69) is 30.7 Å². The number of hydrogen-bond donors (Lipinski definition) is 3. The van der Waals surface area contributed by atoms with Gasteiger partial charge in [0.2, 0.25) is 0 Å². The molecular formula is C20H21BrClFN3O6PS. The predicted octanol–water partition coefficient (Wildman–Crippen LogP) is 5.03. The summed E-state index contributed by atoms with van der Waals surface area (Å²) in [5.74, 6) is -0.177. The zero-order valence-electron chi connectivity index (χ0n) is 17.9. The summed E-state index contributed by atoms with van der Waals surface area (Å²) in [6.45, 7) is 3.16. The number of phosphoric ester groups is 1. The highest BCUT2D eigenvalue weighted by Crippen LogP contribution is 2.39. The van der Waals surface area contributed by atoms with Crippen LogP contribution in [0.3, 0.4) is 0 Å². The van der Waals surface area contributed by atoms with Crippen molar-refractivity contribution >= 4 is 46.7 Å². The summed E-state index contributed by atoms with van der Waals surface area (Å²) in [6, 6.07) is 7.10. The van der Waals surface area contributed by atoms with Gasteiger partial charge >= 0.3 is 7.82 Å². The fourth-order valence-corrected chi connectivity index (χ4v) is 4.70. The molecule has 0 fully saturated rings. The van der Waals surface area contributed by atoms with Crippen LogP contribution in [0.1, 0.15) is 13.8 Å². The molecule has 0 radical (unpaired) electrons. The van der Waals surface area contributed by atoms with E-state index in [-0.39, 0.29) is 23.5 Å². The van der Waals surface area contributed by atoms with Gasteiger partial charge < -0.3 is 25.0 Å². The van der Waals surface area contributed by atoms with Crippen molar-refractivity contribution in [1.82, 2.24) is 10.2 Å². The number of phosphoric acid groups is 1. The maximum Gasteiger partial charge on any atom is 0.469 e. The van der Waals surface area contributed by atoms with Crippen LogP contribution < -0.4 is 15.2 Å². The lowest BCUT2D eigenvalue weighted by atomic mass is 10.2. The van der Waals surface area contributed by atoms with Gasteiger partial charge in [0, 0.05) is 17.2 Å². The summed E-state index contributed by atoms with van der Waals surface area (Å²) in [7, 11) is -4.66. The van der Waals surface area contributed by atoms with Crippen molar-refractivity contribution < 1.29 is 32.7 Å². The molecule has 0 amide bonds. The maximum absolute atomic E-state index is 14.6. The molecule has 1 aromatic heterocycles. The highest BCUT2D eigenvalue weighted by molar-refractivity contribution is 9.10. The van der Waals surface area contributed by atoms with Crippen LogP contribution in [0.15, 0.2) is 34.8 Å². The number of ether oxygens (including phenoxy) is 2. The van der Waals surface area contributed by atoms with Crippen LogP contribution in [0.2, 0.25) is 5.02 Å². The Kier molecular flexibility index (Phi) is 9.04. The summed E-state index contributed by atoms with van der Waals surface area (Å²) >= 11 is 11.1. The molecule has 0 bridgehead atoms. The van der Waals surface area contributed by atoms with Gasteiger partial charge in [0.15, 0.2) is 11.6 Å². The molecule has 184 valence electrons. The molecule has 9 nitrogen and oxygen atoms in total. The van der Waals surface area contributed by atoms with Gasteiger partial charge in [-0.2, -0.15) is 0 Å². The summed E-state index contributed by atoms with van der Waals surface area (Å²) in [4.78, 5) is 17.4. The minimum Gasteiger partial charge on any atom is -0.490 e. The minimum absolute atomic E-state index is 0.0306. The molecule has 0 spiro atoms. The van der Waals surface area contributed by atoms with Crippen molar-refractivity contribution in [2.45, 2.75) is 26.0 Å². The molecule has 3 aromatic rings. The van der Waals surface area contributed by atoms with Crippen molar-refractivity contribution in [3.05, 3.63) is 45.6 Å². The number of nitrogens with two attached hydrogens (primary N) is 1. The molecule has 34 heavy (non-hydrogen) atoms. The van der Waals surface area contributed by atoms with E-state index < -0.39 is 26.3 Å². The maximum atomic E-state index is 14.6. The molecule has 0 aliphatic carbocycles. The monoisotopic (exact) mass is 595 g/mol. The Bertz CT molecular complexity index is 1210.